The van der Waals surface area contributed by atoms with Gasteiger partial charge in [0.1, 0.15) is 11.5 Å². The number of nitrogens with zero attached hydrogens (tertiary/aromatic N) is 2. The summed E-state index contributed by atoms with van der Waals surface area (Å²) in [6.07, 6.45) is 0. The predicted molar refractivity (Wildman–Crippen MR) is 104 cm³/mol. The van der Waals surface area contributed by atoms with Crippen LogP contribution in [0.15, 0.2) is 60.7 Å². The van der Waals surface area contributed by atoms with Crippen LogP contribution in [-0.4, -0.2) is 4.57 Å². The van der Waals surface area contributed by atoms with Crippen molar-refractivity contribution in [1.82, 2.24) is 4.57 Å². The molecule has 0 aliphatic heterocycles. The Hall–Kier alpha value is -2.94. The van der Waals surface area contributed by atoms with E-state index >= 15 is 0 Å². The molecule has 0 N–H and O–H groups in total. The summed E-state index contributed by atoms with van der Waals surface area (Å²) in [5.74, 6) is 0.834. The van der Waals surface area contributed by atoms with Gasteiger partial charge < -0.3 is 0 Å². The second kappa shape index (κ2) is 6.10. The summed E-state index contributed by atoms with van der Waals surface area (Å²) in [4.78, 5) is 0. The molecule has 0 atom stereocenters. The Kier molecular flexibility index (Phi) is 3.87. The van der Waals surface area contributed by atoms with Crippen molar-refractivity contribution in [2.45, 2.75) is 20.8 Å². The van der Waals surface area contributed by atoms with Crippen molar-refractivity contribution in [3.63, 3.8) is 0 Å². The first-order valence-electron chi connectivity index (χ1n) is 8.81. The second-order valence-corrected chi connectivity index (χ2v) is 6.91. The Balaban J connectivity index is 2.22. The van der Waals surface area contributed by atoms with Crippen molar-refractivity contribution >= 4 is 11.0 Å². The second-order valence-electron chi connectivity index (χ2n) is 6.91. The van der Waals surface area contributed by atoms with Crippen molar-refractivity contribution in [2.75, 3.05) is 0 Å². The normalized spacial score (nSPS) is 11.3. The van der Waals surface area contributed by atoms with Crippen LogP contribution in [0, 0.1) is 26.6 Å². The summed E-state index contributed by atoms with van der Waals surface area (Å²) in [7, 11) is 2.05. The molecule has 0 unspecified atom stereocenters. The third-order valence-electron chi connectivity index (χ3n) is 5.12. The highest BCUT2D eigenvalue weighted by Gasteiger charge is 2.28. The topological polar surface area (TPSA) is 8.81 Å². The summed E-state index contributed by atoms with van der Waals surface area (Å²) in [5.41, 5.74) is 7.67. The third kappa shape index (κ3) is 2.43. The molecule has 26 heavy (non-hydrogen) atoms. The van der Waals surface area contributed by atoms with Crippen LogP contribution in [0.2, 0.25) is 0 Å². The number of para-hydroxylation sites is 1. The monoisotopic (exact) mass is 345 g/mol. The molecule has 0 bridgehead atoms. The van der Waals surface area contributed by atoms with Gasteiger partial charge in [0.15, 0.2) is 11.0 Å². The Bertz CT molecular complexity index is 1120. The number of benzene rings is 3. The van der Waals surface area contributed by atoms with E-state index in [2.05, 4.69) is 66.3 Å². The number of aromatic nitrogens is 2. The lowest BCUT2D eigenvalue weighted by atomic mass is 10.1. The van der Waals surface area contributed by atoms with Gasteiger partial charge in [-0.15, -0.1) is 0 Å². The Morgan fingerprint density at radius 2 is 1.46 bits per heavy atom. The maximum absolute atomic E-state index is 14.1. The average molecular weight is 345 g/mol. The highest BCUT2D eigenvalue weighted by atomic mass is 19.1. The number of imidazole rings is 1. The highest BCUT2D eigenvalue weighted by molar-refractivity contribution is 5.80. The average Bonchev–Trinajstić information content (AvgIpc) is 2.87. The zero-order valence-electron chi connectivity index (χ0n) is 15.5. The van der Waals surface area contributed by atoms with E-state index in [4.69, 9.17) is 0 Å². The first-order chi connectivity index (χ1) is 12.5. The van der Waals surface area contributed by atoms with Crippen LogP contribution in [0.3, 0.4) is 0 Å². The van der Waals surface area contributed by atoms with Gasteiger partial charge in [0.05, 0.1) is 12.6 Å². The molecule has 0 aliphatic carbocycles. The molecule has 0 saturated heterocycles. The van der Waals surface area contributed by atoms with Crippen LogP contribution in [0.25, 0.3) is 28.1 Å². The van der Waals surface area contributed by atoms with E-state index in [1.807, 2.05) is 19.2 Å². The fraction of sp³-hybridized carbons (Fsp3) is 0.174. The number of aryl methyl sites for hydroxylation is 4. The molecular weight excluding hydrogens is 323 g/mol. The molecule has 2 nitrogen and oxygen atoms in total. The van der Waals surface area contributed by atoms with Crippen LogP contribution in [0.1, 0.15) is 16.7 Å². The van der Waals surface area contributed by atoms with Crippen molar-refractivity contribution < 1.29 is 8.96 Å². The fourth-order valence-electron chi connectivity index (χ4n) is 3.85. The molecule has 0 aliphatic rings. The van der Waals surface area contributed by atoms with Gasteiger partial charge in [-0.1, -0.05) is 36.4 Å². The summed E-state index contributed by atoms with van der Waals surface area (Å²) in [6, 6.07) is 19.6. The standard InChI is InChI=1S/C23H22FN2/c1-15-8-5-6-11-19(15)23-25(4)20-13-12-18(24)14-21(20)26(23)22-16(2)9-7-10-17(22)3/h5-14H,1-4H3/q+1. The lowest BCUT2D eigenvalue weighted by Gasteiger charge is -2.10. The summed E-state index contributed by atoms with van der Waals surface area (Å²) >= 11 is 0. The number of hydrogen-bond donors (Lipinski definition) is 0. The van der Waals surface area contributed by atoms with Gasteiger partial charge >= 0.3 is 0 Å². The quantitative estimate of drug-likeness (QED) is 0.442. The number of hydrogen-bond acceptors (Lipinski definition) is 0. The van der Waals surface area contributed by atoms with Crippen LogP contribution in [0.5, 0.6) is 0 Å². The molecule has 130 valence electrons. The van der Waals surface area contributed by atoms with Crippen LogP contribution >= 0.6 is 0 Å². The molecule has 0 spiro atoms. The van der Waals surface area contributed by atoms with Gasteiger partial charge in [0.25, 0.3) is 5.82 Å². The van der Waals surface area contributed by atoms with Gasteiger partial charge in [-0.25, -0.2) is 8.96 Å². The summed E-state index contributed by atoms with van der Waals surface area (Å²) in [5, 5.41) is 0. The molecule has 0 saturated carbocycles. The van der Waals surface area contributed by atoms with Crippen LogP contribution < -0.4 is 4.57 Å². The lowest BCUT2D eigenvalue weighted by molar-refractivity contribution is -0.633. The summed E-state index contributed by atoms with van der Waals surface area (Å²) in [6.45, 7) is 6.33. The van der Waals surface area contributed by atoms with E-state index in [-0.39, 0.29) is 5.82 Å². The van der Waals surface area contributed by atoms with Gasteiger partial charge in [-0.3, -0.25) is 0 Å². The third-order valence-corrected chi connectivity index (χ3v) is 5.12. The number of rotatable bonds is 2. The Morgan fingerprint density at radius 1 is 0.808 bits per heavy atom. The maximum atomic E-state index is 14.1. The predicted octanol–water partition coefficient (Wildman–Crippen LogP) is 5.19. The minimum absolute atomic E-state index is 0.223. The molecule has 0 amide bonds. The van der Waals surface area contributed by atoms with Crippen molar-refractivity contribution in [3.8, 4) is 17.1 Å². The van der Waals surface area contributed by atoms with Gasteiger partial charge in [0.2, 0.25) is 0 Å². The SMILES string of the molecule is Cc1ccccc1-c1n(-c2c(C)cccc2C)c2cc(F)ccc2[n+]1C. The van der Waals surface area contributed by atoms with Crippen LogP contribution in [0.4, 0.5) is 4.39 Å². The molecule has 3 aromatic carbocycles. The molecule has 4 aromatic rings. The highest BCUT2D eigenvalue weighted by Crippen LogP contribution is 2.32. The molecule has 4 rings (SSSR count). The molecule has 3 heteroatoms. The van der Waals surface area contributed by atoms with Gasteiger partial charge in [-0.05, 0) is 55.7 Å². The first-order valence-corrected chi connectivity index (χ1v) is 8.81. The molecule has 1 heterocycles. The minimum Gasteiger partial charge on any atom is -0.225 e. The minimum atomic E-state index is -0.223. The van der Waals surface area contributed by atoms with E-state index < -0.39 is 0 Å². The molecule has 1 aromatic heterocycles. The van der Waals surface area contributed by atoms with Crippen LogP contribution in [-0.2, 0) is 7.05 Å². The smallest absolute Gasteiger partial charge is 0.225 e. The Labute approximate surface area is 153 Å². The lowest BCUT2D eigenvalue weighted by Crippen LogP contribution is -2.30. The molecule has 0 fully saturated rings. The maximum Gasteiger partial charge on any atom is 0.295 e. The van der Waals surface area contributed by atoms with E-state index in [1.165, 1.54) is 22.8 Å². The van der Waals surface area contributed by atoms with E-state index in [0.29, 0.717) is 0 Å². The van der Waals surface area contributed by atoms with E-state index in [9.17, 15) is 4.39 Å². The van der Waals surface area contributed by atoms with E-state index in [1.54, 1.807) is 6.07 Å². The Morgan fingerprint density at radius 3 is 2.15 bits per heavy atom. The zero-order valence-corrected chi connectivity index (χ0v) is 15.5. The first kappa shape index (κ1) is 16.5. The fourth-order valence-corrected chi connectivity index (χ4v) is 3.85. The van der Waals surface area contributed by atoms with E-state index in [0.717, 1.165) is 28.1 Å². The zero-order chi connectivity index (χ0) is 18.4. The van der Waals surface area contributed by atoms with Crippen molar-refractivity contribution in [1.29, 1.82) is 0 Å². The number of halogens is 1. The summed E-state index contributed by atoms with van der Waals surface area (Å²) < 4.78 is 18.5. The van der Waals surface area contributed by atoms with Gasteiger partial charge in [0, 0.05) is 6.07 Å². The number of fused-ring (bicyclic) bond motifs is 1. The van der Waals surface area contributed by atoms with Crippen molar-refractivity contribution in [2.24, 2.45) is 7.05 Å². The van der Waals surface area contributed by atoms with Crippen molar-refractivity contribution in [3.05, 3.63) is 83.2 Å². The van der Waals surface area contributed by atoms with Gasteiger partial charge in [-0.2, -0.15) is 4.57 Å². The molecular formula is C23H22FN2+. The largest absolute Gasteiger partial charge is 0.295 e. The molecule has 0 radical (unpaired) electrons.